The van der Waals surface area contributed by atoms with Crippen LogP contribution in [0.2, 0.25) is 0 Å². The Morgan fingerprint density at radius 1 is 1.07 bits per heavy atom. The number of imidazole rings is 1. The number of unbranched alkanes of at least 4 members (excludes halogenated alkanes) is 1. The zero-order valence-electron chi connectivity index (χ0n) is 16.4. The van der Waals surface area contributed by atoms with E-state index in [2.05, 4.69) is 53.7 Å². The lowest BCUT2D eigenvalue weighted by molar-refractivity contribution is 0.292. The van der Waals surface area contributed by atoms with Crippen molar-refractivity contribution in [3.05, 3.63) is 59.9 Å². The number of para-hydroxylation sites is 2. The number of aryl methyl sites for hydroxylation is 1. The van der Waals surface area contributed by atoms with Crippen LogP contribution in [0.25, 0.3) is 11.0 Å². The van der Waals surface area contributed by atoms with Crippen LogP contribution in [-0.2, 0) is 13.0 Å². The molecular formula is C23H30N2O2. The monoisotopic (exact) mass is 366 g/mol. The molecule has 0 amide bonds. The fourth-order valence-electron chi connectivity index (χ4n) is 3.36. The molecule has 0 aliphatic carbocycles. The van der Waals surface area contributed by atoms with Crippen molar-refractivity contribution in [3.63, 3.8) is 0 Å². The first-order valence-electron chi connectivity index (χ1n) is 10.0. The van der Waals surface area contributed by atoms with E-state index < -0.39 is 0 Å². The van der Waals surface area contributed by atoms with Crippen molar-refractivity contribution < 1.29 is 9.84 Å². The smallest absolute Gasteiger partial charge is 0.119 e. The molecule has 27 heavy (non-hydrogen) atoms. The SMILES string of the molecule is CCC(C)c1ccc(OCCCCn2c(CCO)nc3ccccc32)cc1. The summed E-state index contributed by atoms with van der Waals surface area (Å²) < 4.78 is 8.12. The Bertz CT molecular complexity index is 839. The first-order valence-corrected chi connectivity index (χ1v) is 10.0. The van der Waals surface area contributed by atoms with Gasteiger partial charge in [0.25, 0.3) is 0 Å². The maximum Gasteiger partial charge on any atom is 0.119 e. The predicted octanol–water partition coefficient (Wildman–Crippen LogP) is 4.94. The zero-order chi connectivity index (χ0) is 19.1. The van der Waals surface area contributed by atoms with Gasteiger partial charge in [0, 0.05) is 13.0 Å². The number of nitrogens with zero attached hydrogens (tertiary/aromatic N) is 2. The van der Waals surface area contributed by atoms with Crippen LogP contribution < -0.4 is 4.74 Å². The Morgan fingerprint density at radius 3 is 2.59 bits per heavy atom. The number of hydrogen-bond donors (Lipinski definition) is 1. The lowest BCUT2D eigenvalue weighted by Crippen LogP contribution is -2.07. The minimum atomic E-state index is 0.124. The number of hydrogen-bond acceptors (Lipinski definition) is 3. The molecular weight excluding hydrogens is 336 g/mol. The van der Waals surface area contributed by atoms with Crippen LogP contribution in [0.3, 0.4) is 0 Å². The van der Waals surface area contributed by atoms with Gasteiger partial charge in [0.1, 0.15) is 11.6 Å². The molecule has 0 saturated carbocycles. The van der Waals surface area contributed by atoms with Gasteiger partial charge in [-0.2, -0.15) is 0 Å². The van der Waals surface area contributed by atoms with E-state index in [0.717, 1.165) is 48.4 Å². The van der Waals surface area contributed by atoms with E-state index in [-0.39, 0.29) is 6.61 Å². The molecule has 1 unspecified atom stereocenters. The molecule has 0 bridgehead atoms. The van der Waals surface area contributed by atoms with Gasteiger partial charge in [0.15, 0.2) is 0 Å². The number of fused-ring (bicyclic) bond motifs is 1. The van der Waals surface area contributed by atoms with Crippen LogP contribution in [0.1, 0.15) is 50.4 Å². The second-order valence-electron chi connectivity index (χ2n) is 7.08. The Labute approximate surface area is 161 Å². The Hall–Kier alpha value is -2.33. The van der Waals surface area contributed by atoms with E-state index in [9.17, 15) is 5.11 Å². The molecule has 0 fully saturated rings. The molecule has 3 rings (SSSR count). The summed E-state index contributed by atoms with van der Waals surface area (Å²) in [7, 11) is 0. The average molecular weight is 367 g/mol. The van der Waals surface area contributed by atoms with Crippen molar-refractivity contribution in [1.29, 1.82) is 0 Å². The largest absolute Gasteiger partial charge is 0.494 e. The Kier molecular flexibility index (Phi) is 6.88. The quantitative estimate of drug-likeness (QED) is 0.517. The van der Waals surface area contributed by atoms with Gasteiger partial charge in [0.2, 0.25) is 0 Å². The van der Waals surface area contributed by atoms with Crippen molar-refractivity contribution in [1.82, 2.24) is 9.55 Å². The fraction of sp³-hybridized carbons (Fsp3) is 0.435. The molecule has 4 nitrogen and oxygen atoms in total. The summed E-state index contributed by atoms with van der Waals surface area (Å²) in [6.07, 6.45) is 3.75. The third-order valence-corrected chi connectivity index (χ3v) is 5.18. The third kappa shape index (κ3) is 4.89. The van der Waals surface area contributed by atoms with Crippen molar-refractivity contribution in [2.24, 2.45) is 0 Å². The maximum absolute atomic E-state index is 9.30. The van der Waals surface area contributed by atoms with Gasteiger partial charge in [-0.05, 0) is 55.0 Å². The highest BCUT2D eigenvalue weighted by Crippen LogP contribution is 2.22. The molecule has 0 saturated heterocycles. The summed E-state index contributed by atoms with van der Waals surface area (Å²) in [4.78, 5) is 4.65. The van der Waals surface area contributed by atoms with Gasteiger partial charge in [-0.15, -0.1) is 0 Å². The highest BCUT2D eigenvalue weighted by Gasteiger charge is 2.09. The predicted molar refractivity (Wildman–Crippen MR) is 110 cm³/mol. The van der Waals surface area contributed by atoms with Crippen LogP contribution >= 0.6 is 0 Å². The molecule has 3 aromatic rings. The fourth-order valence-corrected chi connectivity index (χ4v) is 3.36. The second-order valence-corrected chi connectivity index (χ2v) is 7.08. The summed E-state index contributed by atoms with van der Waals surface area (Å²) in [5.74, 6) is 2.49. The molecule has 144 valence electrons. The standard InChI is InChI=1S/C23H30N2O2/c1-3-18(2)19-10-12-20(13-11-19)27-17-7-6-15-25-22-9-5-4-8-21(22)24-23(25)14-16-26/h4-5,8-13,18,26H,3,6-7,14-17H2,1-2H3. The number of rotatable bonds is 10. The zero-order valence-corrected chi connectivity index (χ0v) is 16.4. The molecule has 2 aromatic carbocycles. The molecule has 1 N–H and O–H groups in total. The van der Waals surface area contributed by atoms with Crippen LogP contribution in [0.15, 0.2) is 48.5 Å². The minimum Gasteiger partial charge on any atom is -0.494 e. The molecule has 0 aliphatic rings. The number of aliphatic hydroxyl groups is 1. The van der Waals surface area contributed by atoms with Crippen LogP contribution in [0.5, 0.6) is 5.75 Å². The highest BCUT2D eigenvalue weighted by atomic mass is 16.5. The minimum absolute atomic E-state index is 0.124. The van der Waals surface area contributed by atoms with Crippen molar-refractivity contribution in [2.75, 3.05) is 13.2 Å². The molecule has 0 radical (unpaired) electrons. The van der Waals surface area contributed by atoms with Crippen molar-refractivity contribution >= 4 is 11.0 Å². The topological polar surface area (TPSA) is 47.3 Å². The molecule has 4 heteroatoms. The summed E-state index contributed by atoms with van der Waals surface area (Å²) in [6.45, 7) is 6.20. The second kappa shape index (κ2) is 9.56. The van der Waals surface area contributed by atoms with E-state index in [4.69, 9.17) is 4.74 Å². The van der Waals surface area contributed by atoms with Crippen molar-refractivity contribution in [2.45, 2.75) is 52.0 Å². The van der Waals surface area contributed by atoms with Crippen LogP contribution in [0, 0.1) is 0 Å². The normalized spacial score (nSPS) is 12.4. The van der Waals surface area contributed by atoms with E-state index >= 15 is 0 Å². The summed E-state index contributed by atoms with van der Waals surface area (Å²) >= 11 is 0. The summed E-state index contributed by atoms with van der Waals surface area (Å²) in [6, 6.07) is 16.6. The van der Waals surface area contributed by atoms with Gasteiger partial charge < -0.3 is 14.4 Å². The lowest BCUT2D eigenvalue weighted by atomic mass is 9.99. The first-order chi connectivity index (χ1) is 13.2. The van der Waals surface area contributed by atoms with Gasteiger partial charge in [0.05, 0.1) is 24.2 Å². The van der Waals surface area contributed by atoms with Crippen LogP contribution in [-0.4, -0.2) is 27.9 Å². The summed E-state index contributed by atoms with van der Waals surface area (Å²) in [5.41, 5.74) is 3.51. The molecule has 0 spiro atoms. The summed E-state index contributed by atoms with van der Waals surface area (Å²) in [5, 5.41) is 9.30. The number of aliphatic hydroxyl groups excluding tert-OH is 1. The molecule has 1 atom stereocenters. The number of benzene rings is 2. The van der Waals surface area contributed by atoms with Crippen molar-refractivity contribution in [3.8, 4) is 5.75 Å². The molecule has 1 heterocycles. The van der Waals surface area contributed by atoms with Crippen LogP contribution in [0.4, 0.5) is 0 Å². The van der Waals surface area contributed by atoms with E-state index in [1.54, 1.807) is 0 Å². The van der Waals surface area contributed by atoms with Gasteiger partial charge >= 0.3 is 0 Å². The molecule has 1 aromatic heterocycles. The van der Waals surface area contributed by atoms with E-state index in [1.807, 2.05) is 18.2 Å². The van der Waals surface area contributed by atoms with E-state index in [1.165, 1.54) is 5.56 Å². The first kappa shape index (κ1) is 19.4. The average Bonchev–Trinajstić information content (AvgIpc) is 3.05. The lowest BCUT2D eigenvalue weighted by Gasteiger charge is -2.11. The third-order valence-electron chi connectivity index (χ3n) is 5.18. The van der Waals surface area contributed by atoms with Gasteiger partial charge in [-0.1, -0.05) is 38.1 Å². The maximum atomic E-state index is 9.30. The highest BCUT2D eigenvalue weighted by molar-refractivity contribution is 5.75. The molecule has 0 aliphatic heterocycles. The Morgan fingerprint density at radius 2 is 1.85 bits per heavy atom. The number of ether oxygens (including phenoxy) is 1. The van der Waals surface area contributed by atoms with Gasteiger partial charge in [-0.3, -0.25) is 0 Å². The van der Waals surface area contributed by atoms with Gasteiger partial charge in [-0.25, -0.2) is 4.98 Å². The Balaban J connectivity index is 1.50. The number of aromatic nitrogens is 2. The van der Waals surface area contributed by atoms with E-state index in [0.29, 0.717) is 18.9 Å².